The zero-order valence-corrected chi connectivity index (χ0v) is 13.1. The standard InChI is InChI=1S/C18H22N2O2/c1-12-3-10-17(22-12)11-19-13(2)14-6-8-16(9-7-14)20-18(21)15-4-5-15/h3,6-10,13,15,19H,4-5,11H2,1-2H3,(H,20,21)/t13-/m0/s1. The monoisotopic (exact) mass is 298 g/mol. The molecule has 116 valence electrons. The van der Waals surface area contributed by atoms with Gasteiger partial charge < -0.3 is 15.1 Å². The molecular weight excluding hydrogens is 276 g/mol. The Morgan fingerprint density at radius 2 is 1.95 bits per heavy atom. The summed E-state index contributed by atoms with van der Waals surface area (Å²) >= 11 is 0. The minimum atomic E-state index is 0.145. The average molecular weight is 298 g/mol. The van der Waals surface area contributed by atoms with Crippen molar-refractivity contribution in [1.82, 2.24) is 5.32 Å². The van der Waals surface area contributed by atoms with Gasteiger partial charge in [0, 0.05) is 17.6 Å². The molecule has 2 aromatic rings. The fraction of sp³-hybridized carbons (Fsp3) is 0.389. The van der Waals surface area contributed by atoms with Crippen LogP contribution < -0.4 is 10.6 Å². The number of furan rings is 1. The Balaban J connectivity index is 1.53. The van der Waals surface area contributed by atoms with E-state index in [1.165, 1.54) is 5.56 Å². The number of carbonyl (C=O) groups excluding carboxylic acids is 1. The fourth-order valence-corrected chi connectivity index (χ4v) is 2.40. The number of rotatable bonds is 6. The van der Waals surface area contributed by atoms with E-state index < -0.39 is 0 Å². The maximum atomic E-state index is 11.7. The van der Waals surface area contributed by atoms with E-state index in [9.17, 15) is 4.79 Å². The first-order valence-electron chi connectivity index (χ1n) is 7.81. The molecule has 2 N–H and O–H groups in total. The van der Waals surface area contributed by atoms with Crippen LogP contribution in [0.3, 0.4) is 0 Å². The highest BCUT2D eigenvalue weighted by Gasteiger charge is 2.29. The van der Waals surface area contributed by atoms with Crippen molar-refractivity contribution < 1.29 is 9.21 Å². The molecule has 1 atom stereocenters. The number of hydrogen-bond acceptors (Lipinski definition) is 3. The summed E-state index contributed by atoms with van der Waals surface area (Å²) in [6, 6.07) is 12.2. The molecule has 1 amide bonds. The summed E-state index contributed by atoms with van der Waals surface area (Å²) in [7, 11) is 0. The van der Waals surface area contributed by atoms with Crippen molar-refractivity contribution in [3.63, 3.8) is 0 Å². The summed E-state index contributed by atoms with van der Waals surface area (Å²) in [6.07, 6.45) is 2.05. The Kier molecular flexibility index (Phi) is 4.29. The van der Waals surface area contributed by atoms with Gasteiger partial charge in [-0.2, -0.15) is 0 Å². The minimum Gasteiger partial charge on any atom is -0.465 e. The molecule has 0 spiro atoms. The summed E-state index contributed by atoms with van der Waals surface area (Å²) < 4.78 is 5.55. The predicted octanol–water partition coefficient (Wildman–Crippen LogP) is 3.79. The Morgan fingerprint density at radius 3 is 2.55 bits per heavy atom. The van der Waals surface area contributed by atoms with Crippen LogP contribution in [0, 0.1) is 12.8 Å². The second kappa shape index (κ2) is 6.36. The lowest BCUT2D eigenvalue weighted by atomic mass is 10.1. The van der Waals surface area contributed by atoms with Gasteiger partial charge in [-0.25, -0.2) is 0 Å². The fourth-order valence-electron chi connectivity index (χ4n) is 2.40. The van der Waals surface area contributed by atoms with Crippen LogP contribution in [-0.2, 0) is 11.3 Å². The largest absolute Gasteiger partial charge is 0.465 e. The van der Waals surface area contributed by atoms with E-state index in [1.54, 1.807) is 0 Å². The summed E-state index contributed by atoms with van der Waals surface area (Å²) in [5.74, 6) is 2.25. The number of benzene rings is 1. The summed E-state index contributed by atoms with van der Waals surface area (Å²) in [6.45, 7) is 4.77. The van der Waals surface area contributed by atoms with Crippen molar-refractivity contribution in [2.75, 3.05) is 5.32 Å². The number of hydrogen-bond donors (Lipinski definition) is 2. The van der Waals surface area contributed by atoms with Gasteiger partial charge in [0.1, 0.15) is 11.5 Å². The second-order valence-corrected chi connectivity index (χ2v) is 6.00. The quantitative estimate of drug-likeness (QED) is 0.853. The Hall–Kier alpha value is -2.07. The summed E-state index contributed by atoms with van der Waals surface area (Å²) in [5, 5.41) is 6.39. The van der Waals surface area contributed by atoms with Crippen molar-refractivity contribution in [3.8, 4) is 0 Å². The predicted molar refractivity (Wildman–Crippen MR) is 86.5 cm³/mol. The van der Waals surface area contributed by atoms with E-state index >= 15 is 0 Å². The molecular formula is C18H22N2O2. The molecule has 0 radical (unpaired) electrons. The highest BCUT2D eigenvalue weighted by atomic mass is 16.3. The van der Waals surface area contributed by atoms with Crippen LogP contribution in [0.1, 0.15) is 42.9 Å². The van der Waals surface area contributed by atoms with E-state index in [1.807, 2.05) is 43.3 Å². The average Bonchev–Trinajstić information content (AvgIpc) is 3.29. The molecule has 1 aromatic heterocycles. The molecule has 1 aliphatic rings. The van der Waals surface area contributed by atoms with E-state index in [0.717, 1.165) is 30.0 Å². The zero-order valence-electron chi connectivity index (χ0n) is 13.1. The molecule has 1 aromatic carbocycles. The molecule has 4 nitrogen and oxygen atoms in total. The molecule has 4 heteroatoms. The molecule has 3 rings (SSSR count). The van der Waals surface area contributed by atoms with Crippen molar-refractivity contribution >= 4 is 11.6 Å². The van der Waals surface area contributed by atoms with Gasteiger partial charge in [-0.1, -0.05) is 12.1 Å². The third kappa shape index (κ3) is 3.77. The molecule has 0 saturated heterocycles. The van der Waals surface area contributed by atoms with Crippen LogP contribution in [0.25, 0.3) is 0 Å². The highest BCUT2D eigenvalue weighted by molar-refractivity contribution is 5.93. The maximum absolute atomic E-state index is 11.7. The lowest BCUT2D eigenvalue weighted by Crippen LogP contribution is -2.18. The first kappa shape index (κ1) is 14.9. The molecule has 1 heterocycles. The van der Waals surface area contributed by atoms with Crippen LogP contribution in [0.2, 0.25) is 0 Å². The van der Waals surface area contributed by atoms with Crippen molar-refractivity contribution in [1.29, 1.82) is 0 Å². The lowest BCUT2D eigenvalue weighted by molar-refractivity contribution is -0.117. The molecule has 1 aliphatic carbocycles. The van der Waals surface area contributed by atoms with Gasteiger partial charge in [-0.15, -0.1) is 0 Å². The molecule has 22 heavy (non-hydrogen) atoms. The highest BCUT2D eigenvalue weighted by Crippen LogP contribution is 2.30. The van der Waals surface area contributed by atoms with Crippen LogP contribution in [0.15, 0.2) is 40.8 Å². The Labute approximate surface area is 130 Å². The topological polar surface area (TPSA) is 54.3 Å². The van der Waals surface area contributed by atoms with Crippen LogP contribution in [0.4, 0.5) is 5.69 Å². The van der Waals surface area contributed by atoms with Crippen LogP contribution >= 0.6 is 0 Å². The number of anilines is 1. The normalized spacial score (nSPS) is 15.5. The molecule has 1 saturated carbocycles. The number of carbonyl (C=O) groups is 1. The van der Waals surface area contributed by atoms with E-state index in [-0.39, 0.29) is 17.9 Å². The van der Waals surface area contributed by atoms with Crippen LogP contribution in [0.5, 0.6) is 0 Å². The maximum Gasteiger partial charge on any atom is 0.227 e. The van der Waals surface area contributed by atoms with Crippen molar-refractivity contribution in [3.05, 3.63) is 53.5 Å². The van der Waals surface area contributed by atoms with Crippen molar-refractivity contribution in [2.24, 2.45) is 5.92 Å². The summed E-state index contributed by atoms with van der Waals surface area (Å²) in [5.41, 5.74) is 2.06. The van der Waals surface area contributed by atoms with Gasteiger partial charge in [-0.3, -0.25) is 4.79 Å². The van der Waals surface area contributed by atoms with Crippen molar-refractivity contribution in [2.45, 2.75) is 39.3 Å². The minimum absolute atomic E-state index is 0.145. The third-order valence-corrected chi connectivity index (χ3v) is 4.00. The smallest absolute Gasteiger partial charge is 0.227 e. The van der Waals surface area contributed by atoms with Gasteiger partial charge in [0.05, 0.1) is 6.54 Å². The first-order valence-corrected chi connectivity index (χ1v) is 7.81. The van der Waals surface area contributed by atoms with E-state index in [0.29, 0.717) is 6.54 Å². The van der Waals surface area contributed by atoms with Crippen LogP contribution in [-0.4, -0.2) is 5.91 Å². The van der Waals surface area contributed by atoms with Gasteiger partial charge in [0.2, 0.25) is 5.91 Å². The first-order chi connectivity index (χ1) is 10.6. The lowest BCUT2D eigenvalue weighted by Gasteiger charge is -2.14. The van der Waals surface area contributed by atoms with E-state index in [2.05, 4.69) is 17.6 Å². The molecule has 0 aliphatic heterocycles. The van der Waals surface area contributed by atoms with Gasteiger partial charge in [-0.05, 0) is 56.5 Å². The third-order valence-electron chi connectivity index (χ3n) is 4.00. The number of amides is 1. The molecule has 0 unspecified atom stereocenters. The van der Waals surface area contributed by atoms with Gasteiger partial charge >= 0.3 is 0 Å². The molecule has 1 fully saturated rings. The van der Waals surface area contributed by atoms with Gasteiger partial charge in [0.25, 0.3) is 0 Å². The number of aryl methyl sites for hydroxylation is 1. The van der Waals surface area contributed by atoms with Gasteiger partial charge in [0.15, 0.2) is 0 Å². The Bertz CT molecular complexity index is 641. The Morgan fingerprint density at radius 1 is 1.23 bits per heavy atom. The second-order valence-electron chi connectivity index (χ2n) is 6.00. The SMILES string of the molecule is Cc1ccc(CN[C@@H](C)c2ccc(NC(=O)C3CC3)cc2)o1. The summed E-state index contributed by atoms with van der Waals surface area (Å²) in [4.78, 5) is 11.7. The van der Waals surface area contributed by atoms with E-state index in [4.69, 9.17) is 4.42 Å². The molecule has 0 bridgehead atoms. The zero-order chi connectivity index (χ0) is 15.5. The number of nitrogens with one attached hydrogen (secondary N) is 2.